The predicted octanol–water partition coefficient (Wildman–Crippen LogP) is 10.4. The summed E-state index contributed by atoms with van der Waals surface area (Å²) >= 11 is 3.56. The van der Waals surface area contributed by atoms with Gasteiger partial charge in [0.05, 0.1) is 11.4 Å². The number of hydrogen-bond donors (Lipinski definition) is 0. The molecule has 36 heavy (non-hydrogen) atoms. The average Bonchev–Trinajstić information content (AvgIpc) is 2.94. The Balaban J connectivity index is 1.51. The van der Waals surface area contributed by atoms with Crippen molar-refractivity contribution in [3.05, 3.63) is 138 Å². The molecule has 0 radical (unpaired) electrons. The Hall–Kier alpha value is -4.14. The molecule has 0 N–H and O–H groups in total. The Morgan fingerprint density at radius 1 is 0.472 bits per heavy atom. The van der Waals surface area contributed by atoms with Crippen molar-refractivity contribution in [2.45, 2.75) is 0 Å². The van der Waals surface area contributed by atoms with Crippen molar-refractivity contribution < 1.29 is 0 Å². The number of benzene rings is 6. The van der Waals surface area contributed by atoms with Gasteiger partial charge in [0.25, 0.3) is 0 Å². The molecule has 0 aliphatic carbocycles. The summed E-state index contributed by atoms with van der Waals surface area (Å²) in [7, 11) is 0. The Morgan fingerprint density at radius 2 is 1.14 bits per heavy atom. The molecule has 0 aromatic heterocycles. The van der Waals surface area contributed by atoms with Crippen molar-refractivity contribution >= 4 is 43.8 Å². The molecule has 0 atom stereocenters. The van der Waals surface area contributed by atoms with Gasteiger partial charge in [-0.3, -0.25) is 0 Å². The molecule has 2 heteroatoms. The number of nitrogens with zero attached hydrogens (tertiary/aromatic N) is 1. The molecule has 7 rings (SSSR count). The van der Waals surface area contributed by atoms with Crippen molar-refractivity contribution in [3.8, 4) is 33.4 Å². The van der Waals surface area contributed by atoms with Gasteiger partial charge in [-0.25, -0.2) is 0 Å². The van der Waals surface area contributed by atoms with Crippen LogP contribution in [0.25, 0.3) is 44.2 Å². The van der Waals surface area contributed by atoms with E-state index < -0.39 is 0 Å². The second-order valence-electron chi connectivity index (χ2n) is 9.14. The van der Waals surface area contributed by atoms with E-state index in [0.717, 1.165) is 10.2 Å². The normalized spacial score (nSPS) is 12.0. The highest BCUT2D eigenvalue weighted by Gasteiger charge is 2.28. The zero-order valence-electron chi connectivity index (χ0n) is 19.5. The van der Waals surface area contributed by atoms with Crippen LogP contribution in [0, 0.1) is 0 Å². The zero-order valence-corrected chi connectivity index (χ0v) is 21.1. The summed E-state index contributed by atoms with van der Waals surface area (Å²) in [6.45, 7) is 0. The summed E-state index contributed by atoms with van der Waals surface area (Å²) < 4.78 is 1.09. The second kappa shape index (κ2) is 8.51. The van der Waals surface area contributed by atoms with Crippen molar-refractivity contribution in [1.82, 2.24) is 0 Å². The van der Waals surface area contributed by atoms with E-state index in [4.69, 9.17) is 0 Å². The average molecular weight is 524 g/mol. The summed E-state index contributed by atoms with van der Waals surface area (Å²) in [6, 6.07) is 48.1. The molecule has 0 unspecified atom stereocenters. The highest BCUT2D eigenvalue weighted by atomic mass is 79.9. The van der Waals surface area contributed by atoms with Crippen LogP contribution in [0.5, 0.6) is 0 Å². The quantitative estimate of drug-likeness (QED) is 0.222. The number of para-hydroxylation sites is 2. The smallest absolute Gasteiger partial charge is 0.0618 e. The van der Waals surface area contributed by atoms with Crippen LogP contribution < -0.4 is 4.90 Å². The Kier molecular flexibility index (Phi) is 5.00. The standard InChI is InChI=1S/C34H22BrN/c35-27-20-18-23(19-21-27)25-10-4-11-26(22-25)29-14-7-16-31-30-15-5-8-24-9-6-17-32(33(24)30)36(34(29)31)28-12-2-1-3-13-28/h1-22H. The van der Waals surface area contributed by atoms with E-state index in [0.29, 0.717) is 0 Å². The molecule has 6 aromatic rings. The van der Waals surface area contributed by atoms with Gasteiger partial charge in [0.15, 0.2) is 0 Å². The first kappa shape index (κ1) is 21.2. The fraction of sp³-hybridized carbons (Fsp3) is 0. The monoisotopic (exact) mass is 523 g/mol. The van der Waals surface area contributed by atoms with E-state index in [-0.39, 0.29) is 0 Å². The lowest BCUT2D eigenvalue weighted by molar-refractivity contribution is 1.28. The van der Waals surface area contributed by atoms with Gasteiger partial charge in [-0.1, -0.05) is 113 Å². The van der Waals surface area contributed by atoms with Crippen LogP contribution in [0.2, 0.25) is 0 Å². The van der Waals surface area contributed by atoms with Gasteiger partial charge >= 0.3 is 0 Å². The van der Waals surface area contributed by atoms with Crippen molar-refractivity contribution in [3.63, 3.8) is 0 Å². The molecule has 0 amide bonds. The zero-order chi connectivity index (χ0) is 24.1. The van der Waals surface area contributed by atoms with Gasteiger partial charge in [0.1, 0.15) is 0 Å². The molecule has 0 fully saturated rings. The lowest BCUT2D eigenvalue weighted by atomic mass is 9.87. The summed E-state index contributed by atoms with van der Waals surface area (Å²) in [5, 5.41) is 2.57. The van der Waals surface area contributed by atoms with Crippen molar-refractivity contribution in [2.24, 2.45) is 0 Å². The summed E-state index contributed by atoms with van der Waals surface area (Å²) in [5.41, 5.74) is 11.0. The van der Waals surface area contributed by atoms with Gasteiger partial charge in [0, 0.05) is 26.7 Å². The van der Waals surface area contributed by atoms with Gasteiger partial charge in [-0.15, -0.1) is 0 Å². The highest BCUT2D eigenvalue weighted by molar-refractivity contribution is 9.10. The first-order chi connectivity index (χ1) is 17.8. The largest absolute Gasteiger partial charge is 0.309 e. The van der Waals surface area contributed by atoms with E-state index in [1.165, 1.54) is 55.5 Å². The van der Waals surface area contributed by atoms with Crippen LogP contribution in [0.3, 0.4) is 0 Å². The van der Waals surface area contributed by atoms with Gasteiger partial charge in [-0.05, 0) is 64.0 Å². The third-order valence-electron chi connectivity index (χ3n) is 7.04. The van der Waals surface area contributed by atoms with E-state index in [1.54, 1.807) is 0 Å². The molecular formula is C34H22BrN. The van der Waals surface area contributed by atoms with Gasteiger partial charge < -0.3 is 4.90 Å². The van der Waals surface area contributed by atoms with Crippen molar-refractivity contribution in [2.75, 3.05) is 4.90 Å². The maximum Gasteiger partial charge on any atom is 0.0618 e. The summed E-state index contributed by atoms with van der Waals surface area (Å²) in [6.07, 6.45) is 0. The second-order valence-corrected chi connectivity index (χ2v) is 10.1. The summed E-state index contributed by atoms with van der Waals surface area (Å²) in [4.78, 5) is 2.44. The van der Waals surface area contributed by atoms with Crippen LogP contribution in [0.1, 0.15) is 0 Å². The van der Waals surface area contributed by atoms with E-state index in [9.17, 15) is 0 Å². The Labute approximate surface area is 219 Å². The summed E-state index contributed by atoms with van der Waals surface area (Å²) in [5.74, 6) is 0. The lowest BCUT2D eigenvalue weighted by Crippen LogP contribution is -2.16. The molecule has 1 aliphatic rings. The van der Waals surface area contributed by atoms with Gasteiger partial charge in [0.2, 0.25) is 0 Å². The number of rotatable bonds is 3. The number of fused-ring (bicyclic) bond motifs is 2. The van der Waals surface area contributed by atoms with Crippen LogP contribution in [-0.2, 0) is 0 Å². The first-order valence-electron chi connectivity index (χ1n) is 12.1. The topological polar surface area (TPSA) is 3.24 Å². The third kappa shape index (κ3) is 3.37. The third-order valence-corrected chi connectivity index (χ3v) is 7.57. The van der Waals surface area contributed by atoms with Crippen LogP contribution in [-0.4, -0.2) is 0 Å². The molecule has 1 aliphatic heterocycles. The lowest BCUT2D eigenvalue weighted by Gasteiger charge is -2.35. The Bertz CT molecular complexity index is 1730. The maximum absolute atomic E-state index is 3.56. The van der Waals surface area contributed by atoms with Crippen LogP contribution >= 0.6 is 15.9 Å². The van der Waals surface area contributed by atoms with Crippen LogP contribution in [0.15, 0.2) is 138 Å². The molecule has 0 saturated heterocycles. The number of hydrogen-bond acceptors (Lipinski definition) is 1. The van der Waals surface area contributed by atoms with E-state index >= 15 is 0 Å². The first-order valence-corrected chi connectivity index (χ1v) is 12.9. The Morgan fingerprint density at radius 3 is 1.97 bits per heavy atom. The number of anilines is 3. The minimum Gasteiger partial charge on any atom is -0.309 e. The SMILES string of the molecule is Brc1ccc(-c2cccc(-c3cccc4c3N(c3ccccc3)c3cccc5cccc-4c35)c2)cc1. The fourth-order valence-corrected chi connectivity index (χ4v) is 5.71. The van der Waals surface area contributed by atoms with Crippen molar-refractivity contribution in [1.29, 1.82) is 0 Å². The fourth-order valence-electron chi connectivity index (χ4n) is 5.44. The van der Waals surface area contributed by atoms with Crippen LogP contribution in [0.4, 0.5) is 17.1 Å². The molecule has 1 heterocycles. The molecular weight excluding hydrogens is 502 g/mol. The highest BCUT2D eigenvalue weighted by Crippen LogP contribution is 2.54. The van der Waals surface area contributed by atoms with Gasteiger partial charge in [-0.2, -0.15) is 0 Å². The predicted molar refractivity (Wildman–Crippen MR) is 156 cm³/mol. The maximum atomic E-state index is 3.56. The minimum absolute atomic E-state index is 1.09. The number of halogens is 1. The van der Waals surface area contributed by atoms with E-state index in [1.807, 2.05) is 0 Å². The van der Waals surface area contributed by atoms with E-state index in [2.05, 4.69) is 154 Å². The molecule has 0 spiro atoms. The molecule has 0 saturated carbocycles. The molecule has 170 valence electrons. The molecule has 1 nitrogen and oxygen atoms in total. The minimum atomic E-state index is 1.09. The molecule has 6 aromatic carbocycles. The molecule has 0 bridgehead atoms.